The van der Waals surface area contributed by atoms with Crippen molar-refractivity contribution in [2.24, 2.45) is 11.1 Å². The smallest absolute Gasteiger partial charge is 0.337 e. The third kappa shape index (κ3) is 3.54. The van der Waals surface area contributed by atoms with Crippen LogP contribution in [0.25, 0.3) is 0 Å². The van der Waals surface area contributed by atoms with Gasteiger partial charge in [-0.05, 0) is 31.5 Å². The van der Waals surface area contributed by atoms with Crippen molar-refractivity contribution in [3.63, 3.8) is 0 Å². The van der Waals surface area contributed by atoms with Gasteiger partial charge in [0.05, 0.1) is 16.7 Å². The number of carboxylic acids is 1. The zero-order valence-electron chi connectivity index (χ0n) is 10.9. The van der Waals surface area contributed by atoms with Crippen molar-refractivity contribution in [3.8, 4) is 0 Å². The molecule has 0 spiro atoms. The van der Waals surface area contributed by atoms with Crippen LogP contribution in [0.1, 0.15) is 30.6 Å². The van der Waals surface area contributed by atoms with Crippen LogP contribution in [-0.2, 0) is 4.79 Å². The summed E-state index contributed by atoms with van der Waals surface area (Å²) in [5, 5.41) is 11.8. The van der Waals surface area contributed by atoms with Crippen molar-refractivity contribution < 1.29 is 14.7 Å². The molecule has 1 unspecified atom stereocenters. The molecule has 1 atom stereocenters. The summed E-state index contributed by atoms with van der Waals surface area (Å²) in [6.07, 6.45) is 0.578. The summed E-state index contributed by atoms with van der Waals surface area (Å²) >= 11 is 3.20. The molecule has 5 nitrogen and oxygen atoms in total. The highest BCUT2D eigenvalue weighted by Crippen LogP contribution is 2.25. The number of carbonyl (C=O) groups is 2. The number of hydrogen-bond donors (Lipinski definition) is 3. The number of aromatic carboxylic acids is 1. The Labute approximate surface area is 120 Å². The van der Waals surface area contributed by atoms with Crippen molar-refractivity contribution in [1.29, 1.82) is 0 Å². The molecule has 0 aliphatic carbocycles. The lowest BCUT2D eigenvalue weighted by molar-refractivity contribution is -0.124. The summed E-state index contributed by atoms with van der Waals surface area (Å²) < 4.78 is 0.639. The highest BCUT2D eigenvalue weighted by Gasteiger charge is 2.30. The van der Waals surface area contributed by atoms with Crippen molar-refractivity contribution in [3.05, 3.63) is 28.2 Å². The predicted molar refractivity (Wildman–Crippen MR) is 77.2 cm³/mol. The molecule has 0 aliphatic heterocycles. The maximum absolute atomic E-state index is 12.2. The van der Waals surface area contributed by atoms with Gasteiger partial charge in [-0.15, -0.1) is 0 Å². The van der Waals surface area contributed by atoms with E-state index in [-0.39, 0.29) is 23.7 Å². The van der Waals surface area contributed by atoms with Gasteiger partial charge in [-0.2, -0.15) is 0 Å². The third-order valence-electron chi connectivity index (χ3n) is 3.24. The van der Waals surface area contributed by atoms with E-state index in [2.05, 4.69) is 21.2 Å². The number of nitrogens with two attached hydrogens (primary N) is 1. The summed E-state index contributed by atoms with van der Waals surface area (Å²) in [6, 6.07) is 4.68. The van der Waals surface area contributed by atoms with Gasteiger partial charge in [-0.1, -0.05) is 22.9 Å². The molecule has 0 saturated carbocycles. The molecule has 0 bridgehead atoms. The van der Waals surface area contributed by atoms with Crippen molar-refractivity contribution in [2.45, 2.75) is 20.3 Å². The molecule has 4 N–H and O–H groups in total. The second-order valence-electron chi connectivity index (χ2n) is 4.57. The molecule has 1 aromatic rings. The summed E-state index contributed by atoms with van der Waals surface area (Å²) in [6.45, 7) is 3.82. The van der Waals surface area contributed by atoms with Gasteiger partial charge in [-0.25, -0.2) is 4.79 Å². The average Bonchev–Trinajstić information content (AvgIpc) is 2.39. The number of rotatable bonds is 5. The molecule has 1 rings (SSSR count). The topological polar surface area (TPSA) is 92.4 Å². The fraction of sp³-hybridized carbons (Fsp3) is 0.385. The van der Waals surface area contributed by atoms with Gasteiger partial charge in [0.1, 0.15) is 0 Å². The first-order valence-corrected chi connectivity index (χ1v) is 6.67. The van der Waals surface area contributed by atoms with Crippen molar-refractivity contribution in [2.75, 3.05) is 11.9 Å². The molecular weight excluding hydrogens is 312 g/mol. The second kappa shape index (κ2) is 6.16. The van der Waals surface area contributed by atoms with Crippen LogP contribution in [-0.4, -0.2) is 23.5 Å². The van der Waals surface area contributed by atoms with Crippen LogP contribution < -0.4 is 11.1 Å². The molecule has 0 radical (unpaired) electrons. The van der Waals surface area contributed by atoms with Gasteiger partial charge in [0.25, 0.3) is 0 Å². The van der Waals surface area contributed by atoms with E-state index in [1.807, 2.05) is 6.92 Å². The predicted octanol–water partition coefficient (Wildman–Crippen LogP) is 2.46. The van der Waals surface area contributed by atoms with E-state index in [9.17, 15) is 9.59 Å². The molecule has 0 heterocycles. The highest BCUT2D eigenvalue weighted by molar-refractivity contribution is 9.10. The van der Waals surface area contributed by atoms with E-state index < -0.39 is 11.4 Å². The minimum Gasteiger partial charge on any atom is -0.478 e. The van der Waals surface area contributed by atoms with E-state index in [1.165, 1.54) is 6.07 Å². The Morgan fingerprint density at radius 2 is 2.11 bits per heavy atom. The van der Waals surface area contributed by atoms with E-state index in [0.717, 1.165) is 0 Å². The second-order valence-corrected chi connectivity index (χ2v) is 5.48. The Kier molecular flexibility index (Phi) is 5.08. The lowest BCUT2D eigenvalue weighted by atomic mass is 9.86. The van der Waals surface area contributed by atoms with Gasteiger partial charge in [0.2, 0.25) is 5.91 Å². The molecule has 1 amide bonds. The largest absolute Gasteiger partial charge is 0.478 e. The van der Waals surface area contributed by atoms with Gasteiger partial charge >= 0.3 is 5.97 Å². The van der Waals surface area contributed by atoms with E-state index in [4.69, 9.17) is 10.8 Å². The van der Waals surface area contributed by atoms with Crippen molar-refractivity contribution in [1.82, 2.24) is 0 Å². The molecule has 0 fully saturated rings. The molecule has 19 heavy (non-hydrogen) atoms. The number of hydrogen-bond acceptors (Lipinski definition) is 3. The average molecular weight is 329 g/mol. The lowest BCUT2D eigenvalue weighted by Gasteiger charge is -2.25. The summed E-state index contributed by atoms with van der Waals surface area (Å²) in [5.74, 6) is -1.37. The van der Waals surface area contributed by atoms with E-state index >= 15 is 0 Å². The summed E-state index contributed by atoms with van der Waals surface area (Å²) in [7, 11) is 0. The first-order valence-electron chi connectivity index (χ1n) is 5.88. The number of benzene rings is 1. The minimum absolute atomic E-state index is 0.0400. The molecular formula is C13H17BrN2O3. The van der Waals surface area contributed by atoms with Gasteiger partial charge in [0.15, 0.2) is 0 Å². The zero-order valence-corrected chi connectivity index (χ0v) is 12.5. The van der Waals surface area contributed by atoms with Crippen LogP contribution in [0.5, 0.6) is 0 Å². The third-order valence-corrected chi connectivity index (χ3v) is 3.73. The maximum atomic E-state index is 12.2. The summed E-state index contributed by atoms with van der Waals surface area (Å²) in [4.78, 5) is 23.3. The van der Waals surface area contributed by atoms with Crippen LogP contribution in [0.15, 0.2) is 22.7 Å². The Balaban J connectivity index is 3.06. The van der Waals surface area contributed by atoms with Crippen LogP contribution in [0.3, 0.4) is 0 Å². The van der Waals surface area contributed by atoms with E-state index in [0.29, 0.717) is 10.9 Å². The number of anilines is 1. The fourth-order valence-corrected chi connectivity index (χ4v) is 1.83. The Morgan fingerprint density at radius 1 is 1.47 bits per heavy atom. The Bertz CT molecular complexity index is 499. The lowest BCUT2D eigenvalue weighted by Crippen LogP contribution is -2.39. The first kappa shape index (κ1) is 15.7. The number of carboxylic acid groups (broad SMARTS) is 1. The molecule has 0 aromatic heterocycles. The van der Waals surface area contributed by atoms with Crippen LogP contribution in [0, 0.1) is 5.41 Å². The highest BCUT2D eigenvalue weighted by atomic mass is 79.9. The molecule has 104 valence electrons. The molecule has 1 aromatic carbocycles. The van der Waals surface area contributed by atoms with Crippen LogP contribution >= 0.6 is 15.9 Å². The monoisotopic (exact) mass is 328 g/mol. The van der Waals surface area contributed by atoms with Crippen molar-refractivity contribution >= 4 is 33.5 Å². The summed E-state index contributed by atoms with van der Waals surface area (Å²) in [5.41, 5.74) is 5.22. The molecule has 6 heteroatoms. The van der Waals surface area contributed by atoms with Crippen LogP contribution in [0.4, 0.5) is 5.69 Å². The van der Waals surface area contributed by atoms with Gasteiger partial charge in [0, 0.05) is 11.0 Å². The maximum Gasteiger partial charge on any atom is 0.337 e. The number of halogens is 1. The molecule has 0 aliphatic rings. The number of nitrogens with one attached hydrogen (secondary N) is 1. The zero-order chi connectivity index (χ0) is 14.6. The van der Waals surface area contributed by atoms with E-state index in [1.54, 1.807) is 19.1 Å². The minimum atomic E-state index is -1.09. The number of amides is 1. The quantitative estimate of drug-likeness (QED) is 0.774. The normalized spacial score (nSPS) is 13.7. The standard InChI is InChI=1S/C13H17BrN2O3/c1-3-13(2,7-15)12(19)16-10-5-4-8(14)6-9(10)11(17)18/h4-6H,3,7,15H2,1-2H3,(H,16,19)(H,17,18). The fourth-order valence-electron chi connectivity index (χ4n) is 1.47. The first-order chi connectivity index (χ1) is 8.84. The van der Waals surface area contributed by atoms with Gasteiger partial charge < -0.3 is 16.2 Å². The van der Waals surface area contributed by atoms with Crippen LogP contribution in [0.2, 0.25) is 0 Å². The SMILES string of the molecule is CCC(C)(CN)C(=O)Nc1ccc(Br)cc1C(=O)O. The molecule has 0 saturated heterocycles. The number of carbonyl (C=O) groups excluding carboxylic acids is 1. The van der Waals surface area contributed by atoms with Gasteiger partial charge in [-0.3, -0.25) is 4.79 Å². The Morgan fingerprint density at radius 3 is 2.58 bits per heavy atom. The Hall–Kier alpha value is -1.40.